The first-order chi connectivity index (χ1) is 6.57. The van der Waals surface area contributed by atoms with Crippen LogP contribution in [-0.4, -0.2) is 33.7 Å². The maximum absolute atomic E-state index is 11.5. The first-order valence-corrected chi connectivity index (χ1v) is 5.46. The van der Waals surface area contributed by atoms with E-state index in [1.807, 2.05) is 5.41 Å². The Kier molecular flexibility index (Phi) is 3.57. The van der Waals surface area contributed by atoms with Gasteiger partial charge in [0.15, 0.2) is 0 Å². The van der Waals surface area contributed by atoms with Gasteiger partial charge in [-0.05, 0) is 18.8 Å². The van der Waals surface area contributed by atoms with Crippen molar-refractivity contribution in [3.8, 4) is 0 Å². The van der Waals surface area contributed by atoms with E-state index in [1.165, 1.54) is 16.7 Å². The summed E-state index contributed by atoms with van der Waals surface area (Å²) in [6, 6.07) is -0.723. The fraction of sp³-hybridized carbons (Fsp3) is 0.556. The van der Waals surface area contributed by atoms with Gasteiger partial charge in [0, 0.05) is 5.70 Å². The largest absolute Gasteiger partial charge is 0.480 e. The Labute approximate surface area is 87.0 Å². The second-order valence-corrected chi connectivity index (χ2v) is 3.95. The summed E-state index contributed by atoms with van der Waals surface area (Å²) in [6.45, 7) is 3.52. The molecule has 0 radical (unpaired) electrons. The molecular weight excluding hydrogens is 202 g/mol. The van der Waals surface area contributed by atoms with Gasteiger partial charge in [-0.2, -0.15) is 0 Å². The lowest BCUT2D eigenvalue weighted by atomic mass is 10.2. The molecule has 14 heavy (non-hydrogen) atoms. The van der Waals surface area contributed by atoms with E-state index < -0.39 is 12.0 Å². The van der Waals surface area contributed by atoms with Crippen molar-refractivity contribution in [3.05, 3.63) is 11.1 Å². The number of allylic oxidation sites excluding steroid dienone is 1. The highest BCUT2D eigenvalue weighted by molar-refractivity contribution is 8.02. The summed E-state index contributed by atoms with van der Waals surface area (Å²) in [6.07, 6.45) is 0.427. The van der Waals surface area contributed by atoms with Crippen molar-refractivity contribution in [2.45, 2.75) is 26.3 Å². The molecule has 0 aliphatic carbocycles. The number of hydrogen-bond acceptors (Lipinski definition) is 3. The van der Waals surface area contributed by atoms with E-state index in [-0.39, 0.29) is 5.91 Å². The summed E-state index contributed by atoms with van der Waals surface area (Å²) in [4.78, 5) is 23.8. The number of carboxylic acids is 1. The van der Waals surface area contributed by atoms with E-state index in [9.17, 15) is 9.59 Å². The molecule has 0 aromatic rings. The minimum atomic E-state index is -0.944. The summed E-state index contributed by atoms with van der Waals surface area (Å²) in [5.74, 6) is -0.731. The molecule has 78 valence electrons. The van der Waals surface area contributed by atoms with Crippen LogP contribution >= 0.6 is 11.8 Å². The van der Waals surface area contributed by atoms with E-state index >= 15 is 0 Å². The molecule has 0 spiro atoms. The number of thioether (sulfide) groups is 1. The van der Waals surface area contributed by atoms with E-state index in [0.717, 1.165) is 5.70 Å². The van der Waals surface area contributed by atoms with Crippen LogP contribution in [0.2, 0.25) is 0 Å². The Bertz CT molecular complexity index is 288. The fourth-order valence-corrected chi connectivity index (χ4v) is 2.16. The highest BCUT2D eigenvalue weighted by Crippen LogP contribution is 2.23. The molecule has 0 aromatic heterocycles. The number of rotatable bonds is 3. The molecule has 5 heteroatoms. The van der Waals surface area contributed by atoms with Gasteiger partial charge < -0.3 is 10.0 Å². The van der Waals surface area contributed by atoms with Gasteiger partial charge in [0.1, 0.15) is 6.04 Å². The Morgan fingerprint density at radius 3 is 2.86 bits per heavy atom. The first kappa shape index (κ1) is 11.1. The molecule has 0 fully saturated rings. The van der Waals surface area contributed by atoms with Crippen molar-refractivity contribution in [2.75, 3.05) is 5.75 Å². The third kappa shape index (κ3) is 2.09. The van der Waals surface area contributed by atoms with E-state index in [0.29, 0.717) is 12.2 Å². The molecule has 1 atom stereocenters. The van der Waals surface area contributed by atoms with E-state index in [2.05, 4.69) is 0 Å². The molecule has 1 aliphatic heterocycles. The molecule has 0 aromatic carbocycles. The second kappa shape index (κ2) is 4.50. The predicted molar refractivity (Wildman–Crippen MR) is 54.8 cm³/mol. The molecular formula is C9H13NO3S. The Hall–Kier alpha value is -0.970. The summed E-state index contributed by atoms with van der Waals surface area (Å²) < 4.78 is 0. The van der Waals surface area contributed by atoms with Crippen molar-refractivity contribution in [1.29, 1.82) is 0 Å². The zero-order valence-corrected chi connectivity index (χ0v) is 9.00. The number of hydrogen-bond donors (Lipinski definition) is 1. The SMILES string of the molecule is CCC(C(=O)O)N1C(=O)CSC=C1C. The van der Waals surface area contributed by atoms with Gasteiger partial charge in [0.05, 0.1) is 5.75 Å². The summed E-state index contributed by atoms with van der Waals surface area (Å²) in [5, 5.41) is 10.8. The number of nitrogens with zero attached hydrogens (tertiary/aromatic N) is 1. The molecule has 1 aliphatic rings. The van der Waals surface area contributed by atoms with Gasteiger partial charge in [0.25, 0.3) is 0 Å². The van der Waals surface area contributed by atoms with Crippen LogP contribution in [0.4, 0.5) is 0 Å². The Morgan fingerprint density at radius 2 is 2.43 bits per heavy atom. The van der Waals surface area contributed by atoms with E-state index in [4.69, 9.17) is 5.11 Å². The maximum atomic E-state index is 11.5. The fourth-order valence-electron chi connectivity index (χ4n) is 1.44. The molecule has 1 amide bonds. The van der Waals surface area contributed by atoms with Crippen molar-refractivity contribution in [2.24, 2.45) is 0 Å². The predicted octanol–water partition coefficient (Wildman–Crippen LogP) is 1.29. The number of carbonyl (C=O) groups is 2. The number of amides is 1. The minimum Gasteiger partial charge on any atom is -0.480 e. The van der Waals surface area contributed by atoms with Crippen molar-refractivity contribution in [3.63, 3.8) is 0 Å². The Morgan fingerprint density at radius 1 is 1.79 bits per heavy atom. The lowest BCUT2D eigenvalue weighted by Crippen LogP contribution is -2.45. The summed E-state index contributed by atoms with van der Waals surface area (Å²) in [5.41, 5.74) is 0.723. The van der Waals surface area contributed by atoms with Crippen LogP contribution in [0.3, 0.4) is 0 Å². The van der Waals surface area contributed by atoms with Crippen LogP contribution in [0.1, 0.15) is 20.3 Å². The monoisotopic (exact) mass is 215 g/mol. The molecule has 1 unspecified atom stereocenters. The lowest BCUT2D eigenvalue weighted by Gasteiger charge is -2.31. The first-order valence-electron chi connectivity index (χ1n) is 4.41. The van der Waals surface area contributed by atoms with Crippen LogP contribution < -0.4 is 0 Å². The van der Waals surface area contributed by atoms with Crippen molar-refractivity contribution >= 4 is 23.6 Å². The number of aliphatic carboxylic acids is 1. The van der Waals surface area contributed by atoms with Crippen LogP contribution in [0.5, 0.6) is 0 Å². The quantitative estimate of drug-likeness (QED) is 0.770. The third-order valence-corrected chi connectivity index (χ3v) is 3.01. The van der Waals surface area contributed by atoms with Gasteiger partial charge in [-0.25, -0.2) is 4.79 Å². The molecule has 1 heterocycles. The lowest BCUT2D eigenvalue weighted by molar-refractivity contribution is -0.147. The molecule has 1 N–H and O–H groups in total. The van der Waals surface area contributed by atoms with Gasteiger partial charge in [0.2, 0.25) is 5.91 Å². The molecule has 0 saturated heterocycles. The summed E-state index contributed by atoms with van der Waals surface area (Å²) in [7, 11) is 0. The Balaban J connectivity index is 2.92. The molecule has 1 rings (SSSR count). The van der Waals surface area contributed by atoms with Crippen LogP contribution in [0, 0.1) is 0 Å². The highest BCUT2D eigenvalue weighted by atomic mass is 32.2. The molecule has 0 bridgehead atoms. The maximum Gasteiger partial charge on any atom is 0.326 e. The number of carbonyl (C=O) groups excluding carboxylic acids is 1. The van der Waals surface area contributed by atoms with Gasteiger partial charge in [-0.3, -0.25) is 4.79 Å². The van der Waals surface area contributed by atoms with Crippen LogP contribution in [-0.2, 0) is 9.59 Å². The molecule has 4 nitrogen and oxygen atoms in total. The average Bonchev–Trinajstić information content (AvgIpc) is 2.10. The average molecular weight is 215 g/mol. The van der Waals surface area contributed by atoms with Gasteiger partial charge >= 0.3 is 5.97 Å². The molecule has 0 saturated carbocycles. The normalized spacial score (nSPS) is 19.1. The highest BCUT2D eigenvalue weighted by Gasteiger charge is 2.30. The topological polar surface area (TPSA) is 57.6 Å². The van der Waals surface area contributed by atoms with E-state index in [1.54, 1.807) is 13.8 Å². The van der Waals surface area contributed by atoms with Gasteiger partial charge in [-0.15, -0.1) is 11.8 Å². The second-order valence-electron chi connectivity index (χ2n) is 3.10. The smallest absolute Gasteiger partial charge is 0.326 e. The van der Waals surface area contributed by atoms with Gasteiger partial charge in [-0.1, -0.05) is 6.92 Å². The minimum absolute atomic E-state index is 0.121. The van der Waals surface area contributed by atoms with Crippen LogP contribution in [0.25, 0.3) is 0 Å². The van der Waals surface area contributed by atoms with Crippen molar-refractivity contribution in [1.82, 2.24) is 4.90 Å². The number of carboxylic acid groups (broad SMARTS) is 1. The van der Waals surface area contributed by atoms with Crippen LogP contribution in [0.15, 0.2) is 11.1 Å². The zero-order valence-electron chi connectivity index (χ0n) is 8.19. The standard InChI is InChI=1S/C9H13NO3S/c1-3-7(9(12)13)10-6(2)4-14-5-8(10)11/h4,7H,3,5H2,1-2H3,(H,12,13). The van der Waals surface area contributed by atoms with Crippen molar-refractivity contribution < 1.29 is 14.7 Å². The summed E-state index contributed by atoms with van der Waals surface area (Å²) >= 11 is 1.41. The third-order valence-electron chi connectivity index (χ3n) is 2.09. The zero-order chi connectivity index (χ0) is 10.7.